The van der Waals surface area contributed by atoms with Gasteiger partial charge in [-0.1, -0.05) is 0 Å². The van der Waals surface area contributed by atoms with Gasteiger partial charge in [-0.2, -0.15) is 13.2 Å². The quantitative estimate of drug-likeness (QED) is 0.770. The molecule has 0 atom stereocenters. The monoisotopic (exact) mass is 243 g/mol. The molecule has 0 spiro atoms. The van der Waals surface area contributed by atoms with Crippen molar-refractivity contribution in [2.45, 2.75) is 10.9 Å². The number of carboxylic acid groups (broad SMARTS) is 1. The van der Waals surface area contributed by atoms with Crippen molar-refractivity contribution >= 4 is 23.6 Å². The summed E-state index contributed by atoms with van der Waals surface area (Å²) in [5.74, 6) is -3.17. The first-order chi connectivity index (χ1) is 6.73. The van der Waals surface area contributed by atoms with Crippen LogP contribution in [0.25, 0.3) is 0 Å². The third kappa shape index (κ3) is 2.04. The highest BCUT2D eigenvalue weighted by molar-refractivity contribution is 8.00. The highest BCUT2D eigenvalue weighted by Gasteiger charge is 2.56. The number of amides is 1. The van der Waals surface area contributed by atoms with Crippen molar-refractivity contribution in [3.05, 3.63) is 0 Å². The number of hydrogen-bond donors (Lipinski definition) is 1. The summed E-state index contributed by atoms with van der Waals surface area (Å²) in [6.07, 6.45) is -3.44. The first-order valence-electron chi connectivity index (χ1n) is 3.87. The molecule has 1 fully saturated rings. The van der Waals surface area contributed by atoms with Gasteiger partial charge in [-0.25, -0.2) is 0 Å². The Morgan fingerprint density at radius 3 is 2.13 bits per heavy atom. The molecule has 0 aromatic rings. The van der Waals surface area contributed by atoms with Crippen LogP contribution >= 0.6 is 11.8 Å². The molecule has 1 aliphatic heterocycles. The number of likely N-dealkylation sites (tertiary alicyclic amines) is 1. The van der Waals surface area contributed by atoms with Gasteiger partial charge in [-0.05, 0) is 6.26 Å². The Morgan fingerprint density at radius 2 is 1.87 bits per heavy atom. The molecule has 1 saturated heterocycles. The maximum absolute atomic E-state index is 11.9. The highest BCUT2D eigenvalue weighted by atomic mass is 32.2. The molecule has 0 aromatic heterocycles. The summed E-state index contributed by atoms with van der Waals surface area (Å²) in [7, 11) is 0. The van der Waals surface area contributed by atoms with E-state index in [9.17, 15) is 22.8 Å². The third-order valence-corrected chi connectivity index (χ3v) is 3.42. The molecule has 4 nitrogen and oxygen atoms in total. The molecule has 1 amide bonds. The highest BCUT2D eigenvalue weighted by Crippen LogP contribution is 2.36. The summed E-state index contributed by atoms with van der Waals surface area (Å²) in [6.45, 7) is -0.802. The van der Waals surface area contributed by atoms with E-state index in [0.29, 0.717) is 4.90 Å². The predicted octanol–water partition coefficient (Wildman–Crippen LogP) is 0.577. The Bertz CT molecular complexity index is 298. The van der Waals surface area contributed by atoms with E-state index < -0.39 is 35.9 Å². The van der Waals surface area contributed by atoms with E-state index in [4.69, 9.17) is 5.11 Å². The van der Waals surface area contributed by atoms with E-state index in [-0.39, 0.29) is 0 Å². The van der Waals surface area contributed by atoms with Crippen molar-refractivity contribution in [1.82, 2.24) is 4.90 Å². The van der Waals surface area contributed by atoms with Crippen molar-refractivity contribution in [2.75, 3.05) is 19.3 Å². The first kappa shape index (κ1) is 12.2. The topological polar surface area (TPSA) is 57.6 Å². The van der Waals surface area contributed by atoms with Gasteiger partial charge in [-0.3, -0.25) is 9.59 Å². The summed E-state index contributed by atoms with van der Waals surface area (Å²) in [5, 5.41) is 8.75. The van der Waals surface area contributed by atoms with Crippen molar-refractivity contribution in [1.29, 1.82) is 0 Å². The normalized spacial score (nSPS) is 19.6. The van der Waals surface area contributed by atoms with E-state index >= 15 is 0 Å². The molecule has 8 heteroatoms. The van der Waals surface area contributed by atoms with Gasteiger partial charge in [0.2, 0.25) is 0 Å². The van der Waals surface area contributed by atoms with Crippen LogP contribution in [0, 0.1) is 0 Å². The standard InChI is InChI=1S/C7H8F3NO3S/c1-15-6(5(13)14)2-11(3-6)4(12)7(8,9)10/h2-3H2,1H3,(H,13,14). The van der Waals surface area contributed by atoms with E-state index in [2.05, 4.69) is 0 Å². The number of rotatable bonds is 2. The van der Waals surface area contributed by atoms with E-state index in [0.717, 1.165) is 11.8 Å². The molecule has 86 valence electrons. The Balaban J connectivity index is 2.64. The van der Waals surface area contributed by atoms with Crippen LogP contribution in [0.1, 0.15) is 0 Å². The molecule has 0 aliphatic carbocycles. The molecule has 0 saturated carbocycles. The van der Waals surface area contributed by atoms with Crippen LogP contribution in [0.15, 0.2) is 0 Å². The molecule has 0 aromatic carbocycles. The molecule has 1 heterocycles. The smallest absolute Gasteiger partial charge is 0.471 e. The van der Waals surface area contributed by atoms with Crippen LogP contribution in [-0.4, -0.2) is 52.2 Å². The van der Waals surface area contributed by atoms with Crippen LogP contribution in [0.3, 0.4) is 0 Å². The molecule has 1 N–H and O–H groups in total. The lowest BCUT2D eigenvalue weighted by Crippen LogP contribution is -2.67. The molecule has 15 heavy (non-hydrogen) atoms. The van der Waals surface area contributed by atoms with Gasteiger partial charge in [0.05, 0.1) is 0 Å². The number of carbonyl (C=O) groups excluding carboxylic acids is 1. The molecule has 1 aliphatic rings. The number of nitrogens with zero attached hydrogens (tertiary/aromatic N) is 1. The molecular weight excluding hydrogens is 235 g/mol. The van der Waals surface area contributed by atoms with E-state index in [1.54, 1.807) is 0 Å². The Hall–Kier alpha value is -0.920. The van der Waals surface area contributed by atoms with Gasteiger partial charge in [0.15, 0.2) is 0 Å². The van der Waals surface area contributed by atoms with Gasteiger partial charge in [0, 0.05) is 13.1 Å². The number of carbonyl (C=O) groups is 2. The average molecular weight is 243 g/mol. The van der Waals surface area contributed by atoms with Gasteiger partial charge in [-0.15, -0.1) is 11.8 Å². The lowest BCUT2D eigenvalue weighted by Gasteiger charge is -2.45. The van der Waals surface area contributed by atoms with Crippen LogP contribution in [0.5, 0.6) is 0 Å². The zero-order valence-corrected chi connectivity index (χ0v) is 8.48. The summed E-state index contributed by atoms with van der Waals surface area (Å²) in [4.78, 5) is 21.9. The zero-order valence-electron chi connectivity index (χ0n) is 7.67. The van der Waals surface area contributed by atoms with Gasteiger partial charge < -0.3 is 10.0 Å². The summed E-state index contributed by atoms with van der Waals surface area (Å²) in [6, 6.07) is 0. The number of carboxylic acids is 1. The summed E-state index contributed by atoms with van der Waals surface area (Å²) >= 11 is 0.938. The molecule has 0 bridgehead atoms. The minimum absolute atomic E-state index is 0.401. The number of thioether (sulfide) groups is 1. The third-order valence-electron chi connectivity index (χ3n) is 2.20. The van der Waals surface area contributed by atoms with Crippen molar-refractivity contribution in [3.8, 4) is 0 Å². The maximum atomic E-state index is 11.9. The van der Waals surface area contributed by atoms with Gasteiger partial charge in [0.25, 0.3) is 0 Å². The van der Waals surface area contributed by atoms with Crippen molar-refractivity contribution in [3.63, 3.8) is 0 Å². The zero-order chi connectivity index (χ0) is 11.9. The average Bonchev–Trinajstić information content (AvgIpc) is 2.00. The first-order valence-corrected chi connectivity index (χ1v) is 5.10. The summed E-state index contributed by atoms with van der Waals surface area (Å²) in [5.41, 5.74) is 0. The van der Waals surface area contributed by atoms with Crippen molar-refractivity contribution < 1.29 is 27.9 Å². The van der Waals surface area contributed by atoms with E-state index in [1.807, 2.05) is 0 Å². The second kappa shape index (κ2) is 3.58. The molecular formula is C7H8F3NO3S. The second-order valence-corrected chi connectivity index (χ2v) is 4.35. The fourth-order valence-electron chi connectivity index (χ4n) is 1.24. The predicted molar refractivity (Wildman–Crippen MR) is 46.5 cm³/mol. The second-order valence-electron chi connectivity index (χ2n) is 3.16. The SMILES string of the molecule is CSC1(C(=O)O)CN(C(=O)C(F)(F)F)C1. The summed E-state index contributed by atoms with van der Waals surface area (Å²) < 4.78 is 34.5. The van der Waals surface area contributed by atoms with Gasteiger partial charge in [0.1, 0.15) is 4.75 Å². The maximum Gasteiger partial charge on any atom is 0.471 e. The Labute approximate surface area is 87.4 Å². The minimum Gasteiger partial charge on any atom is -0.480 e. The fraction of sp³-hybridized carbons (Fsp3) is 0.714. The number of aliphatic carboxylic acids is 1. The molecule has 1 rings (SSSR count). The van der Waals surface area contributed by atoms with Gasteiger partial charge >= 0.3 is 18.1 Å². The largest absolute Gasteiger partial charge is 0.480 e. The minimum atomic E-state index is -4.93. The molecule has 0 radical (unpaired) electrons. The van der Waals surface area contributed by atoms with Crippen LogP contribution < -0.4 is 0 Å². The number of alkyl halides is 3. The van der Waals surface area contributed by atoms with Crippen LogP contribution in [0.4, 0.5) is 13.2 Å². The van der Waals surface area contributed by atoms with Crippen LogP contribution in [-0.2, 0) is 9.59 Å². The Kier molecular flexibility index (Phi) is 2.90. The van der Waals surface area contributed by atoms with Crippen molar-refractivity contribution in [2.24, 2.45) is 0 Å². The number of hydrogen-bond acceptors (Lipinski definition) is 3. The lowest BCUT2D eigenvalue weighted by molar-refractivity contribution is -0.191. The van der Waals surface area contributed by atoms with E-state index in [1.165, 1.54) is 6.26 Å². The Morgan fingerprint density at radius 1 is 1.40 bits per heavy atom. The lowest BCUT2D eigenvalue weighted by atomic mass is 9.99. The fourth-order valence-corrected chi connectivity index (χ4v) is 1.99. The number of halogens is 3. The van der Waals surface area contributed by atoms with Crippen LogP contribution in [0.2, 0.25) is 0 Å². The molecule has 0 unspecified atom stereocenters.